The fraction of sp³-hybridized carbons (Fsp3) is 0.632. The summed E-state index contributed by atoms with van der Waals surface area (Å²) >= 11 is 0. The van der Waals surface area contributed by atoms with E-state index >= 15 is 0 Å². The Kier molecular flexibility index (Phi) is 4.23. The highest BCUT2D eigenvalue weighted by Gasteiger charge is 2.44. The van der Waals surface area contributed by atoms with Crippen LogP contribution >= 0.6 is 0 Å². The molecule has 2 saturated heterocycles. The van der Waals surface area contributed by atoms with Crippen LogP contribution in [-0.2, 0) is 11.3 Å². The molecule has 1 aromatic carbocycles. The maximum absolute atomic E-state index is 12.9. The highest BCUT2D eigenvalue weighted by Crippen LogP contribution is 2.33. The maximum Gasteiger partial charge on any atom is 0.241 e. The lowest BCUT2D eigenvalue weighted by molar-refractivity contribution is -0.136. The zero-order valence-electron chi connectivity index (χ0n) is 14.9. The van der Waals surface area contributed by atoms with Crippen LogP contribution < -0.4 is 20.3 Å². The van der Waals surface area contributed by atoms with Gasteiger partial charge < -0.3 is 14.4 Å². The van der Waals surface area contributed by atoms with Crippen molar-refractivity contribution in [3.8, 4) is 11.5 Å². The normalized spacial score (nSPS) is 30.6. The number of hydrazine groups is 1. The molecule has 3 fully saturated rings. The lowest BCUT2D eigenvalue weighted by Gasteiger charge is -2.36. The van der Waals surface area contributed by atoms with Crippen molar-refractivity contribution in [3.05, 3.63) is 23.8 Å². The number of rotatable bonds is 3. The summed E-state index contributed by atoms with van der Waals surface area (Å²) in [6, 6.07) is 6.58. The van der Waals surface area contributed by atoms with Crippen molar-refractivity contribution in [2.75, 3.05) is 33.0 Å². The van der Waals surface area contributed by atoms with Crippen LogP contribution in [0.15, 0.2) is 18.2 Å². The van der Waals surface area contributed by atoms with Gasteiger partial charge in [0.25, 0.3) is 0 Å². The number of hydrogen-bond acceptors (Lipinski definition) is 6. The molecule has 3 aliphatic heterocycles. The molecule has 4 aliphatic rings. The molecule has 1 amide bonds. The quantitative estimate of drug-likeness (QED) is 0.830. The van der Waals surface area contributed by atoms with Crippen molar-refractivity contribution in [2.24, 2.45) is 5.92 Å². The Morgan fingerprint density at radius 3 is 2.81 bits per heavy atom. The Bertz CT molecular complexity index is 689. The predicted molar refractivity (Wildman–Crippen MR) is 95.6 cm³/mol. The minimum Gasteiger partial charge on any atom is -0.454 e. The monoisotopic (exact) mass is 358 g/mol. The van der Waals surface area contributed by atoms with Gasteiger partial charge in [-0.3, -0.25) is 15.1 Å². The highest BCUT2D eigenvalue weighted by atomic mass is 16.7. The minimum atomic E-state index is -0.0390. The molecule has 1 aromatic rings. The number of benzene rings is 1. The third kappa shape index (κ3) is 2.94. The van der Waals surface area contributed by atoms with Gasteiger partial charge in [-0.1, -0.05) is 12.5 Å². The van der Waals surface area contributed by atoms with E-state index in [-0.39, 0.29) is 11.9 Å². The molecule has 0 spiro atoms. The third-order valence-corrected chi connectivity index (χ3v) is 6.21. The molecule has 26 heavy (non-hydrogen) atoms. The molecule has 0 bridgehead atoms. The summed E-state index contributed by atoms with van der Waals surface area (Å²) in [5.41, 5.74) is 7.80. The zero-order valence-corrected chi connectivity index (χ0v) is 14.9. The van der Waals surface area contributed by atoms with Crippen molar-refractivity contribution < 1.29 is 14.3 Å². The summed E-state index contributed by atoms with van der Waals surface area (Å²) in [7, 11) is 0. The summed E-state index contributed by atoms with van der Waals surface area (Å²) in [5.74, 6) is 2.40. The van der Waals surface area contributed by atoms with Gasteiger partial charge in [-0.2, -0.15) is 0 Å². The third-order valence-electron chi connectivity index (χ3n) is 6.21. The second-order valence-corrected chi connectivity index (χ2v) is 7.76. The van der Waals surface area contributed by atoms with E-state index in [9.17, 15) is 4.79 Å². The Hall–Kier alpha value is -1.83. The molecule has 2 N–H and O–H groups in total. The Morgan fingerprint density at radius 1 is 1.08 bits per heavy atom. The van der Waals surface area contributed by atoms with Gasteiger partial charge in [-0.15, -0.1) is 0 Å². The molecule has 3 heterocycles. The average molecular weight is 358 g/mol. The van der Waals surface area contributed by atoms with Crippen LogP contribution in [0.2, 0.25) is 0 Å². The van der Waals surface area contributed by atoms with E-state index in [1.807, 2.05) is 11.0 Å². The summed E-state index contributed by atoms with van der Waals surface area (Å²) in [6.07, 6.45) is 3.58. The number of nitrogens with zero attached hydrogens (tertiary/aromatic N) is 2. The summed E-state index contributed by atoms with van der Waals surface area (Å²) in [4.78, 5) is 17.4. The molecule has 0 aromatic heterocycles. The van der Waals surface area contributed by atoms with Crippen molar-refractivity contribution >= 4 is 5.91 Å². The van der Waals surface area contributed by atoms with Crippen molar-refractivity contribution in [2.45, 2.75) is 37.9 Å². The maximum atomic E-state index is 12.9. The lowest BCUT2D eigenvalue weighted by atomic mass is 9.96. The first kappa shape index (κ1) is 16.4. The minimum absolute atomic E-state index is 0.0390. The van der Waals surface area contributed by atoms with Crippen LogP contribution in [-0.4, -0.2) is 60.8 Å². The van der Waals surface area contributed by atoms with Gasteiger partial charge in [0, 0.05) is 44.7 Å². The number of piperazine rings is 1. The SMILES string of the molecule is O=C(C1NNC2CCCC21)N1CCN(Cc2ccc3c(c2)OCO3)CC1. The van der Waals surface area contributed by atoms with E-state index in [0.29, 0.717) is 18.8 Å². The van der Waals surface area contributed by atoms with E-state index < -0.39 is 0 Å². The smallest absolute Gasteiger partial charge is 0.241 e. The largest absolute Gasteiger partial charge is 0.454 e. The van der Waals surface area contributed by atoms with Crippen molar-refractivity contribution in [1.29, 1.82) is 0 Å². The summed E-state index contributed by atoms with van der Waals surface area (Å²) in [5, 5.41) is 0. The van der Waals surface area contributed by atoms with Crippen LogP contribution in [0.5, 0.6) is 11.5 Å². The predicted octanol–water partition coefficient (Wildman–Crippen LogP) is 0.705. The lowest BCUT2D eigenvalue weighted by Crippen LogP contribution is -2.54. The molecule has 7 heteroatoms. The molecular weight excluding hydrogens is 332 g/mol. The van der Waals surface area contributed by atoms with E-state index in [4.69, 9.17) is 9.47 Å². The second-order valence-electron chi connectivity index (χ2n) is 7.76. The van der Waals surface area contributed by atoms with Gasteiger partial charge in [-0.05, 0) is 30.5 Å². The first-order valence-electron chi connectivity index (χ1n) is 9.69. The van der Waals surface area contributed by atoms with Crippen LogP contribution in [0.1, 0.15) is 24.8 Å². The zero-order chi connectivity index (χ0) is 17.5. The van der Waals surface area contributed by atoms with Crippen LogP contribution in [0.3, 0.4) is 0 Å². The fourth-order valence-electron chi connectivity index (χ4n) is 4.74. The van der Waals surface area contributed by atoms with Gasteiger partial charge in [0.15, 0.2) is 11.5 Å². The summed E-state index contributed by atoms with van der Waals surface area (Å²) < 4.78 is 10.8. The van der Waals surface area contributed by atoms with Gasteiger partial charge in [-0.25, -0.2) is 5.43 Å². The molecule has 0 radical (unpaired) electrons. The molecular formula is C19H26N4O3. The number of ether oxygens (including phenoxy) is 2. The fourth-order valence-corrected chi connectivity index (χ4v) is 4.74. The number of nitrogens with one attached hydrogen (secondary N) is 2. The molecule has 7 nitrogen and oxygen atoms in total. The van der Waals surface area contributed by atoms with Gasteiger partial charge in [0.2, 0.25) is 12.7 Å². The first-order chi connectivity index (χ1) is 12.8. The van der Waals surface area contributed by atoms with Crippen molar-refractivity contribution in [1.82, 2.24) is 20.7 Å². The van der Waals surface area contributed by atoms with Crippen LogP contribution in [0.25, 0.3) is 0 Å². The molecule has 3 unspecified atom stereocenters. The van der Waals surface area contributed by atoms with Crippen LogP contribution in [0.4, 0.5) is 0 Å². The highest BCUT2D eigenvalue weighted by molar-refractivity contribution is 5.82. The number of fused-ring (bicyclic) bond motifs is 2. The molecule has 3 atom stereocenters. The van der Waals surface area contributed by atoms with Crippen molar-refractivity contribution in [3.63, 3.8) is 0 Å². The molecule has 140 valence electrons. The second kappa shape index (κ2) is 6.72. The summed E-state index contributed by atoms with van der Waals surface area (Å²) in [6.45, 7) is 4.62. The van der Waals surface area contributed by atoms with E-state index in [2.05, 4.69) is 27.9 Å². The Labute approximate surface area is 153 Å². The van der Waals surface area contributed by atoms with Gasteiger partial charge in [0.05, 0.1) is 0 Å². The van der Waals surface area contributed by atoms with Gasteiger partial charge >= 0.3 is 0 Å². The number of hydrogen-bond donors (Lipinski definition) is 2. The Balaban J connectivity index is 1.16. The van der Waals surface area contributed by atoms with Gasteiger partial charge in [0.1, 0.15) is 6.04 Å². The number of carbonyl (C=O) groups excluding carboxylic acids is 1. The molecule has 1 aliphatic carbocycles. The Morgan fingerprint density at radius 2 is 1.92 bits per heavy atom. The van der Waals surface area contributed by atoms with E-state index in [0.717, 1.165) is 50.6 Å². The van der Waals surface area contributed by atoms with E-state index in [1.54, 1.807) is 0 Å². The molecule has 5 rings (SSSR count). The molecule has 1 saturated carbocycles. The topological polar surface area (TPSA) is 66.1 Å². The first-order valence-corrected chi connectivity index (χ1v) is 9.69. The number of amides is 1. The average Bonchev–Trinajstić information content (AvgIpc) is 3.38. The van der Waals surface area contributed by atoms with Crippen LogP contribution in [0, 0.1) is 5.92 Å². The standard InChI is InChI=1S/C19H26N4O3/c24-19(18-14-2-1-3-15(14)20-21-18)23-8-6-22(7-9-23)11-13-4-5-16-17(10-13)26-12-25-16/h4-5,10,14-15,18,20-21H,1-3,6-9,11-12H2. The van der Waals surface area contributed by atoms with E-state index in [1.165, 1.54) is 18.4 Å². The number of carbonyl (C=O) groups is 1.